The molecule has 0 aliphatic carbocycles. The zero-order valence-corrected chi connectivity index (χ0v) is 8.83. The highest BCUT2D eigenvalue weighted by Crippen LogP contribution is 2.21. The van der Waals surface area contributed by atoms with Gasteiger partial charge in [-0.3, -0.25) is 0 Å². The molecule has 0 saturated heterocycles. The molecule has 0 aromatic heterocycles. The van der Waals surface area contributed by atoms with Crippen LogP contribution in [0.2, 0.25) is 0 Å². The molecule has 0 radical (unpaired) electrons. The minimum atomic E-state index is -0.651. The summed E-state index contributed by atoms with van der Waals surface area (Å²) in [6, 6.07) is 7.59. The van der Waals surface area contributed by atoms with Gasteiger partial charge in [-0.2, -0.15) is 0 Å². The summed E-state index contributed by atoms with van der Waals surface area (Å²) < 4.78 is 5.02. The second-order valence-electron chi connectivity index (χ2n) is 2.82. The molecule has 3 nitrogen and oxygen atoms in total. The van der Waals surface area contributed by atoms with Gasteiger partial charge in [0.1, 0.15) is 5.75 Å². The molecule has 0 spiro atoms. The van der Waals surface area contributed by atoms with Crippen molar-refractivity contribution in [2.75, 3.05) is 19.5 Å². The van der Waals surface area contributed by atoms with Crippen LogP contribution in [0.1, 0.15) is 0 Å². The molecule has 0 amide bonds. The third-order valence-corrected chi connectivity index (χ3v) is 2.87. The molecule has 0 heterocycles. The van der Waals surface area contributed by atoms with Gasteiger partial charge in [-0.25, -0.2) is 0 Å². The molecule has 14 heavy (non-hydrogen) atoms. The topological polar surface area (TPSA) is 49.7 Å². The number of benzene rings is 1. The fourth-order valence-electron chi connectivity index (χ4n) is 0.917. The van der Waals surface area contributed by atoms with Gasteiger partial charge >= 0.3 is 0 Å². The first-order valence-electron chi connectivity index (χ1n) is 4.32. The average Bonchev–Trinajstić information content (AvgIpc) is 2.26. The van der Waals surface area contributed by atoms with Gasteiger partial charge in [0.25, 0.3) is 0 Å². The highest BCUT2D eigenvalue weighted by atomic mass is 32.2. The van der Waals surface area contributed by atoms with Crippen LogP contribution < -0.4 is 4.74 Å². The van der Waals surface area contributed by atoms with E-state index < -0.39 is 6.10 Å². The van der Waals surface area contributed by atoms with E-state index in [1.807, 2.05) is 24.3 Å². The van der Waals surface area contributed by atoms with E-state index in [0.29, 0.717) is 5.75 Å². The monoisotopic (exact) mass is 214 g/mol. The molecule has 0 aliphatic heterocycles. The fraction of sp³-hybridized carbons (Fsp3) is 0.400. The Morgan fingerprint density at radius 2 is 2.00 bits per heavy atom. The Morgan fingerprint density at radius 3 is 2.50 bits per heavy atom. The highest BCUT2D eigenvalue weighted by Gasteiger charge is 2.02. The van der Waals surface area contributed by atoms with E-state index in [2.05, 4.69) is 0 Å². The van der Waals surface area contributed by atoms with Gasteiger partial charge in [-0.05, 0) is 24.3 Å². The molecule has 1 aromatic carbocycles. The lowest BCUT2D eigenvalue weighted by Crippen LogP contribution is -2.14. The molecule has 0 fully saturated rings. The maximum atomic E-state index is 9.12. The molecule has 1 rings (SSSR count). The standard InChI is InChI=1S/C10H14O3S/c1-13-9-2-4-10(5-3-9)14-7-8(12)6-11/h2-5,8,11-12H,6-7H2,1H3. The van der Waals surface area contributed by atoms with Crippen LogP contribution in [0.4, 0.5) is 0 Å². The van der Waals surface area contributed by atoms with Crippen LogP contribution in [0.25, 0.3) is 0 Å². The van der Waals surface area contributed by atoms with Crippen LogP contribution in [-0.2, 0) is 0 Å². The van der Waals surface area contributed by atoms with Gasteiger partial charge in [0.15, 0.2) is 0 Å². The van der Waals surface area contributed by atoms with Crippen LogP contribution in [0.5, 0.6) is 5.75 Å². The second kappa shape index (κ2) is 5.90. The molecular formula is C10H14O3S. The summed E-state index contributed by atoms with van der Waals surface area (Å²) in [5.41, 5.74) is 0. The minimum absolute atomic E-state index is 0.191. The molecular weight excluding hydrogens is 200 g/mol. The minimum Gasteiger partial charge on any atom is -0.497 e. The lowest BCUT2D eigenvalue weighted by molar-refractivity contribution is 0.113. The van der Waals surface area contributed by atoms with E-state index in [4.69, 9.17) is 14.9 Å². The number of thioether (sulfide) groups is 1. The number of methoxy groups -OCH3 is 1. The molecule has 1 atom stereocenters. The number of ether oxygens (including phenoxy) is 1. The SMILES string of the molecule is COc1ccc(SCC(O)CO)cc1. The Labute approximate surface area is 87.7 Å². The van der Waals surface area contributed by atoms with E-state index in [9.17, 15) is 0 Å². The molecule has 1 aromatic rings. The number of aliphatic hydroxyl groups is 2. The van der Waals surface area contributed by atoms with Crippen molar-refractivity contribution in [3.63, 3.8) is 0 Å². The Bertz CT molecular complexity index is 261. The lowest BCUT2D eigenvalue weighted by Gasteiger charge is -2.06. The summed E-state index contributed by atoms with van der Waals surface area (Å²) in [5, 5.41) is 17.7. The first-order valence-corrected chi connectivity index (χ1v) is 5.30. The van der Waals surface area contributed by atoms with Crippen molar-refractivity contribution >= 4 is 11.8 Å². The largest absolute Gasteiger partial charge is 0.497 e. The maximum absolute atomic E-state index is 9.12. The second-order valence-corrected chi connectivity index (χ2v) is 3.92. The van der Waals surface area contributed by atoms with E-state index in [-0.39, 0.29) is 6.61 Å². The van der Waals surface area contributed by atoms with Gasteiger partial charge in [0.05, 0.1) is 19.8 Å². The third kappa shape index (κ3) is 3.57. The third-order valence-electron chi connectivity index (χ3n) is 1.71. The number of rotatable bonds is 5. The predicted octanol–water partition coefficient (Wildman–Crippen LogP) is 1.14. The summed E-state index contributed by atoms with van der Waals surface area (Å²) in [6.07, 6.45) is -0.651. The molecule has 78 valence electrons. The van der Waals surface area contributed by atoms with Crippen molar-refractivity contribution in [1.29, 1.82) is 0 Å². The summed E-state index contributed by atoms with van der Waals surface area (Å²) in [7, 11) is 1.62. The van der Waals surface area contributed by atoms with Crippen molar-refractivity contribution in [3.05, 3.63) is 24.3 Å². The van der Waals surface area contributed by atoms with Gasteiger partial charge in [-0.15, -0.1) is 11.8 Å². The van der Waals surface area contributed by atoms with E-state index in [0.717, 1.165) is 10.6 Å². The molecule has 2 N–H and O–H groups in total. The van der Waals surface area contributed by atoms with Crippen molar-refractivity contribution in [1.82, 2.24) is 0 Å². The molecule has 0 aliphatic rings. The highest BCUT2D eigenvalue weighted by molar-refractivity contribution is 7.99. The van der Waals surface area contributed by atoms with Crippen molar-refractivity contribution in [2.24, 2.45) is 0 Å². The molecule has 0 bridgehead atoms. The molecule has 0 saturated carbocycles. The van der Waals surface area contributed by atoms with Gasteiger partial charge in [0, 0.05) is 10.6 Å². The van der Waals surface area contributed by atoms with Gasteiger partial charge < -0.3 is 14.9 Å². The van der Waals surface area contributed by atoms with E-state index >= 15 is 0 Å². The van der Waals surface area contributed by atoms with Gasteiger partial charge in [0.2, 0.25) is 0 Å². The average molecular weight is 214 g/mol. The van der Waals surface area contributed by atoms with Crippen LogP contribution in [0.15, 0.2) is 29.2 Å². The zero-order chi connectivity index (χ0) is 10.4. The van der Waals surface area contributed by atoms with E-state index in [1.54, 1.807) is 7.11 Å². The normalized spacial score (nSPS) is 12.5. The first-order chi connectivity index (χ1) is 6.76. The van der Waals surface area contributed by atoms with Crippen LogP contribution in [-0.4, -0.2) is 35.8 Å². The van der Waals surface area contributed by atoms with Gasteiger partial charge in [-0.1, -0.05) is 0 Å². The van der Waals surface area contributed by atoms with Crippen LogP contribution in [0.3, 0.4) is 0 Å². The van der Waals surface area contributed by atoms with Crippen molar-refractivity contribution in [3.8, 4) is 5.75 Å². The zero-order valence-electron chi connectivity index (χ0n) is 8.01. The summed E-state index contributed by atoms with van der Waals surface area (Å²) in [6.45, 7) is -0.191. The maximum Gasteiger partial charge on any atom is 0.118 e. The smallest absolute Gasteiger partial charge is 0.118 e. The molecule has 4 heteroatoms. The van der Waals surface area contributed by atoms with Crippen molar-refractivity contribution in [2.45, 2.75) is 11.0 Å². The predicted molar refractivity (Wildman–Crippen MR) is 56.8 cm³/mol. The summed E-state index contributed by atoms with van der Waals surface area (Å²) in [5.74, 6) is 1.32. The van der Waals surface area contributed by atoms with Crippen LogP contribution in [0, 0.1) is 0 Å². The number of hydrogen-bond donors (Lipinski definition) is 2. The molecule has 1 unspecified atom stereocenters. The van der Waals surface area contributed by atoms with Crippen molar-refractivity contribution < 1.29 is 14.9 Å². The van der Waals surface area contributed by atoms with Crippen LogP contribution >= 0.6 is 11.8 Å². The first kappa shape index (κ1) is 11.4. The Balaban J connectivity index is 2.43. The number of aliphatic hydroxyl groups excluding tert-OH is 2. The number of hydrogen-bond acceptors (Lipinski definition) is 4. The Morgan fingerprint density at radius 1 is 1.36 bits per heavy atom. The van der Waals surface area contributed by atoms with E-state index in [1.165, 1.54) is 11.8 Å². The fourth-order valence-corrected chi connectivity index (χ4v) is 1.74. The Kier molecular flexibility index (Phi) is 4.79. The quantitative estimate of drug-likeness (QED) is 0.722. The summed E-state index contributed by atoms with van der Waals surface area (Å²) >= 11 is 1.51. The summed E-state index contributed by atoms with van der Waals surface area (Å²) in [4.78, 5) is 1.05. The lowest BCUT2D eigenvalue weighted by atomic mass is 10.3. The Hall–Kier alpha value is -0.710.